The zero-order valence-corrected chi connectivity index (χ0v) is 13.7. The summed E-state index contributed by atoms with van der Waals surface area (Å²) in [6.07, 6.45) is 4.99. The van der Waals surface area contributed by atoms with E-state index in [9.17, 15) is 5.11 Å². The van der Waals surface area contributed by atoms with E-state index < -0.39 is 0 Å². The summed E-state index contributed by atoms with van der Waals surface area (Å²) in [6, 6.07) is 8.25. The van der Waals surface area contributed by atoms with Crippen molar-refractivity contribution < 1.29 is 5.11 Å². The van der Waals surface area contributed by atoms with Gasteiger partial charge in [-0.05, 0) is 44.5 Å². The van der Waals surface area contributed by atoms with Crippen molar-refractivity contribution in [1.82, 2.24) is 14.5 Å². The maximum atomic E-state index is 9.65. The smallest absolute Gasteiger partial charge is 0.0958 e. The lowest BCUT2D eigenvalue weighted by molar-refractivity contribution is 0.0696. The molecule has 1 aliphatic rings. The summed E-state index contributed by atoms with van der Waals surface area (Å²) in [7, 11) is 0. The third-order valence-electron chi connectivity index (χ3n) is 3.88. The number of nitrogens with zero attached hydrogens (tertiary/aromatic N) is 3. The molecule has 1 saturated heterocycles. The standard InChI is InChI=1S/C15H21N3O.2ClH/c19-13-5-3-8-17(11-13)9-4-10-18-12-16-14-6-1-2-7-15(14)18;;/h1-2,6-7,12-13,19H,3-5,8-11H2;2*1H. The number of aryl methyl sites for hydroxylation is 1. The second kappa shape index (κ2) is 8.59. The third kappa shape index (κ3) is 4.58. The molecule has 1 unspecified atom stereocenters. The maximum absolute atomic E-state index is 9.65. The van der Waals surface area contributed by atoms with Crippen LogP contribution in [0.4, 0.5) is 0 Å². The van der Waals surface area contributed by atoms with Crippen molar-refractivity contribution in [1.29, 1.82) is 0 Å². The van der Waals surface area contributed by atoms with Gasteiger partial charge in [0.2, 0.25) is 0 Å². The average Bonchev–Trinajstić information content (AvgIpc) is 2.83. The number of aromatic nitrogens is 2. The van der Waals surface area contributed by atoms with Crippen LogP contribution in [0.3, 0.4) is 0 Å². The van der Waals surface area contributed by atoms with E-state index in [0.29, 0.717) is 0 Å². The van der Waals surface area contributed by atoms with E-state index in [1.165, 1.54) is 5.52 Å². The minimum absolute atomic E-state index is 0. The van der Waals surface area contributed by atoms with E-state index in [2.05, 4.69) is 26.6 Å². The molecular weight excluding hydrogens is 309 g/mol. The molecule has 0 saturated carbocycles. The van der Waals surface area contributed by atoms with Gasteiger partial charge in [-0.3, -0.25) is 0 Å². The normalized spacial score (nSPS) is 19.0. The highest BCUT2D eigenvalue weighted by atomic mass is 35.5. The Hall–Kier alpha value is -0.810. The molecule has 3 rings (SSSR count). The quantitative estimate of drug-likeness (QED) is 0.936. The van der Waals surface area contributed by atoms with Gasteiger partial charge in [0.25, 0.3) is 0 Å². The first-order valence-corrected chi connectivity index (χ1v) is 7.13. The molecule has 0 amide bonds. The predicted octanol–water partition coefficient (Wildman–Crippen LogP) is 2.73. The van der Waals surface area contributed by atoms with Crippen LogP contribution in [0.1, 0.15) is 19.3 Å². The zero-order valence-electron chi connectivity index (χ0n) is 12.0. The molecule has 1 aromatic carbocycles. The molecule has 1 fully saturated rings. The number of piperidine rings is 1. The number of hydrogen-bond acceptors (Lipinski definition) is 3. The summed E-state index contributed by atoms with van der Waals surface area (Å²) in [6.45, 7) is 4.02. The summed E-state index contributed by atoms with van der Waals surface area (Å²) in [5.41, 5.74) is 2.28. The Bertz CT molecular complexity index is 546. The topological polar surface area (TPSA) is 41.3 Å². The van der Waals surface area contributed by atoms with Crippen molar-refractivity contribution in [3.8, 4) is 0 Å². The van der Waals surface area contributed by atoms with Gasteiger partial charge in [-0.15, -0.1) is 24.8 Å². The molecule has 118 valence electrons. The van der Waals surface area contributed by atoms with Crippen LogP contribution in [0.25, 0.3) is 11.0 Å². The van der Waals surface area contributed by atoms with Gasteiger partial charge in [-0.2, -0.15) is 0 Å². The number of aliphatic hydroxyl groups excluding tert-OH is 1. The number of fused-ring (bicyclic) bond motifs is 1. The molecule has 1 aromatic heterocycles. The van der Waals surface area contributed by atoms with Crippen molar-refractivity contribution >= 4 is 35.8 Å². The number of hydrogen-bond donors (Lipinski definition) is 1. The predicted molar refractivity (Wildman–Crippen MR) is 90.5 cm³/mol. The van der Waals surface area contributed by atoms with Crippen molar-refractivity contribution in [2.45, 2.75) is 31.9 Å². The van der Waals surface area contributed by atoms with Gasteiger partial charge in [-0.25, -0.2) is 4.98 Å². The number of halogens is 2. The van der Waals surface area contributed by atoms with Crippen LogP contribution in [-0.2, 0) is 6.54 Å². The van der Waals surface area contributed by atoms with Gasteiger partial charge in [0, 0.05) is 13.1 Å². The molecule has 4 nitrogen and oxygen atoms in total. The molecule has 1 aliphatic heterocycles. The minimum Gasteiger partial charge on any atom is -0.392 e. The Balaban J connectivity index is 0.00000110. The summed E-state index contributed by atoms with van der Waals surface area (Å²) in [5.74, 6) is 0. The fraction of sp³-hybridized carbons (Fsp3) is 0.533. The molecule has 2 aromatic rings. The number of para-hydroxylation sites is 2. The zero-order chi connectivity index (χ0) is 13.1. The van der Waals surface area contributed by atoms with E-state index in [0.717, 1.165) is 51.0 Å². The Morgan fingerprint density at radius 3 is 2.81 bits per heavy atom. The highest BCUT2D eigenvalue weighted by Crippen LogP contribution is 2.13. The summed E-state index contributed by atoms with van der Waals surface area (Å²) >= 11 is 0. The lowest BCUT2D eigenvalue weighted by atomic mass is 10.1. The van der Waals surface area contributed by atoms with Gasteiger partial charge >= 0.3 is 0 Å². The average molecular weight is 332 g/mol. The second-order valence-electron chi connectivity index (χ2n) is 5.38. The first-order chi connectivity index (χ1) is 9.33. The van der Waals surface area contributed by atoms with E-state index in [-0.39, 0.29) is 30.9 Å². The van der Waals surface area contributed by atoms with Crippen molar-refractivity contribution in [3.63, 3.8) is 0 Å². The molecule has 6 heteroatoms. The van der Waals surface area contributed by atoms with Gasteiger partial charge in [0.05, 0.1) is 23.5 Å². The molecule has 0 bridgehead atoms. The van der Waals surface area contributed by atoms with Crippen LogP contribution in [0.2, 0.25) is 0 Å². The highest BCUT2D eigenvalue weighted by molar-refractivity contribution is 5.85. The van der Waals surface area contributed by atoms with E-state index in [1.54, 1.807) is 0 Å². The van der Waals surface area contributed by atoms with Gasteiger partial charge in [-0.1, -0.05) is 12.1 Å². The molecule has 2 heterocycles. The fourth-order valence-corrected chi connectivity index (χ4v) is 2.89. The van der Waals surface area contributed by atoms with Gasteiger partial charge in [0.1, 0.15) is 0 Å². The third-order valence-corrected chi connectivity index (χ3v) is 3.88. The number of benzene rings is 1. The van der Waals surface area contributed by atoms with Crippen LogP contribution >= 0.6 is 24.8 Å². The lowest BCUT2D eigenvalue weighted by Crippen LogP contribution is -2.38. The van der Waals surface area contributed by atoms with Crippen molar-refractivity contribution in [2.24, 2.45) is 0 Å². The molecule has 0 spiro atoms. The summed E-state index contributed by atoms with van der Waals surface area (Å²) in [5, 5.41) is 9.65. The molecule has 1 atom stereocenters. The molecule has 0 radical (unpaired) electrons. The second-order valence-corrected chi connectivity index (χ2v) is 5.38. The molecule has 1 N–H and O–H groups in total. The summed E-state index contributed by atoms with van der Waals surface area (Å²) in [4.78, 5) is 6.77. The Morgan fingerprint density at radius 2 is 2.00 bits per heavy atom. The molecular formula is C15H23Cl2N3O. The van der Waals surface area contributed by atoms with E-state index in [4.69, 9.17) is 0 Å². The van der Waals surface area contributed by atoms with Crippen LogP contribution in [-0.4, -0.2) is 45.3 Å². The van der Waals surface area contributed by atoms with Crippen molar-refractivity contribution in [2.75, 3.05) is 19.6 Å². The first kappa shape index (κ1) is 18.2. The number of β-amino-alcohol motifs (C(OH)–C–C–N with tert-alkyl or cyclic N) is 1. The van der Waals surface area contributed by atoms with Crippen LogP contribution in [0, 0.1) is 0 Å². The van der Waals surface area contributed by atoms with Crippen molar-refractivity contribution in [3.05, 3.63) is 30.6 Å². The SMILES string of the molecule is Cl.Cl.OC1CCCN(CCCn2cnc3ccccc32)C1. The number of aliphatic hydroxyl groups is 1. The Labute approximate surface area is 138 Å². The number of likely N-dealkylation sites (tertiary alicyclic amines) is 1. The Kier molecular flexibility index (Phi) is 7.46. The first-order valence-electron chi connectivity index (χ1n) is 7.13. The van der Waals surface area contributed by atoms with E-state index in [1.807, 2.05) is 18.5 Å². The lowest BCUT2D eigenvalue weighted by Gasteiger charge is -2.29. The monoisotopic (exact) mass is 331 g/mol. The number of rotatable bonds is 4. The molecule has 21 heavy (non-hydrogen) atoms. The number of imidazole rings is 1. The Morgan fingerprint density at radius 1 is 1.19 bits per heavy atom. The van der Waals surface area contributed by atoms with Crippen LogP contribution in [0.5, 0.6) is 0 Å². The van der Waals surface area contributed by atoms with E-state index >= 15 is 0 Å². The summed E-state index contributed by atoms with van der Waals surface area (Å²) < 4.78 is 2.22. The molecule has 0 aliphatic carbocycles. The minimum atomic E-state index is -0.122. The highest BCUT2D eigenvalue weighted by Gasteiger charge is 2.16. The van der Waals surface area contributed by atoms with Crippen LogP contribution in [0.15, 0.2) is 30.6 Å². The maximum Gasteiger partial charge on any atom is 0.0958 e. The van der Waals surface area contributed by atoms with Gasteiger partial charge in [0.15, 0.2) is 0 Å². The largest absolute Gasteiger partial charge is 0.392 e. The van der Waals surface area contributed by atoms with Crippen LogP contribution < -0.4 is 0 Å². The fourth-order valence-electron chi connectivity index (χ4n) is 2.89. The van der Waals surface area contributed by atoms with Gasteiger partial charge < -0.3 is 14.6 Å².